The van der Waals surface area contributed by atoms with Crippen LogP contribution in [0.15, 0.2) is 18.2 Å². The zero-order valence-electron chi connectivity index (χ0n) is 13.1. The molecule has 0 radical (unpaired) electrons. The van der Waals surface area contributed by atoms with Crippen molar-refractivity contribution in [1.29, 1.82) is 0 Å². The summed E-state index contributed by atoms with van der Waals surface area (Å²) in [5.41, 5.74) is 1.89. The largest absolute Gasteiger partial charge is 0.326 e. The lowest BCUT2D eigenvalue weighted by Crippen LogP contribution is -2.40. The smallest absolute Gasteiger partial charge is 0.229 e. The van der Waals surface area contributed by atoms with Crippen molar-refractivity contribution in [3.8, 4) is 0 Å². The minimum atomic E-state index is -3.34. The Hall–Kier alpha value is -1.60. The zero-order chi connectivity index (χ0) is 16.3. The average Bonchev–Trinajstić information content (AvgIpc) is 2.41. The highest BCUT2D eigenvalue weighted by atomic mass is 32.2. The molecule has 1 aromatic carbocycles. The van der Waals surface area contributed by atoms with E-state index in [9.17, 15) is 13.2 Å². The summed E-state index contributed by atoms with van der Waals surface area (Å²) < 4.78 is 25.2. The number of carbonyl (C=O) groups is 1. The Morgan fingerprint density at radius 1 is 1.36 bits per heavy atom. The van der Waals surface area contributed by atoms with E-state index < -0.39 is 10.0 Å². The molecule has 22 heavy (non-hydrogen) atoms. The fourth-order valence-corrected chi connectivity index (χ4v) is 3.24. The van der Waals surface area contributed by atoms with Crippen LogP contribution in [0.5, 0.6) is 0 Å². The van der Waals surface area contributed by atoms with Gasteiger partial charge in [-0.3, -0.25) is 9.52 Å². The van der Waals surface area contributed by atoms with Gasteiger partial charge in [0.2, 0.25) is 15.9 Å². The lowest BCUT2D eigenvalue weighted by molar-refractivity contribution is -0.120. The number of aryl methyl sites for hydroxylation is 1. The predicted molar refractivity (Wildman–Crippen MR) is 88.5 cm³/mol. The predicted octanol–water partition coefficient (Wildman–Crippen LogP) is 1.69. The van der Waals surface area contributed by atoms with Crippen molar-refractivity contribution in [1.82, 2.24) is 5.32 Å². The summed E-state index contributed by atoms with van der Waals surface area (Å²) in [4.78, 5) is 12.3. The van der Waals surface area contributed by atoms with Crippen LogP contribution in [0.25, 0.3) is 0 Å². The van der Waals surface area contributed by atoms with Crippen molar-refractivity contribution in [3.63, 3.8) is 0 Å². The molecule has 7 heteroatoms. The van der Waals surface area contributed by atoms with Gasteiger partial charge in [-0.1, -0.05) is 6.07 Å². The molecule has 1 fully saturated rings. The lowest BCUT2D eigenvalue weighted by atomic mass is 9.92. The molecular formula is C15H23N3O3S. The maximum Gasteiger partial charge on any atom is 0.229 e. The van der Waals surface area contributed by atoms with E-state index in [1.54, 1.807) is 18.2 Å². The van der Waals surface area contributed by atoms with Gasteiger partial charge >= 0.3 is 0 Å². The molecule has 3 N–H and O–H groups in total. The summed E-state index contributed by atoms with van der Waals surface area (Å²) in [7, 11) is -3.34. The van der Waals surface area contributed by atoms with Crippen LogP contribution in [-0.2, 0) is 14.8 Å². The molecule has 1 amide bonds. The third-order valence-electron chi connectivity index (χ3n) is 3.79. The number of rotatable bonds is 4. The van der Waals surface area contributed by atoms with Crippen molar-refractivity contribution in [3.05, 3.63) is 23.8 Å². The second kappa shape index (κ2) is 6.66. The number of benzene rings is 1. The molecule has 122 valence electrons. The Labute approximate surface area is 131 Å². The standard InChI is InChI=1S/C15H23N3O3S/c1-10-4-5-13(9-14(10)18-22(3,20)21)17-15(19)12-6-7-16-11(2)8-12/h4-5,9,11-12,16,18H,6-8H2,1-3H3,(H,17,19)/t11-,12-/m0/s1. The molecule has 0 bridgehead atoms. The first-order valence-electron chi connectivity index (χ1n) is 7.37. The summed E-state index contributed by atoms with van der Waals surface area (Å²) in [6, 6.07) is 5.56. The molecule has 0 unspecified atom stereocenters. The molecule has 1 heterocycles. The number of hydrogen-bond acceptors (Lipinski definition) is 4. The summed E-state index contributed by atoms with van der Waals surface area (Å²) in [6.07, 6.45) is 2.73. The quantitative estimate of drug-likeness (QED) is 0.786. The number of piperidine rings is 1. The van der Waals surface area contributed by atoms with Crippen molar-refractivity contribution in [2.24, 2.45) is 5.92 Å². The van der Waals surface area contributed by atoms with Gasteiger partial charge in [0, 0.05) is 17.6 Å². The second-order valence-electron chi connectivity index (χ2n) is 5.97. The van der Waals surface area contributed by atoms with E-state index in [1.165, 1.54) is 0 Å². The van der Waals surface area contributed by atoms with Gasteiger partial charge in [-0.25, -0.2) is 8.42 Å². The topological polar surface area (TPSA) is 87.3 Å². The Kier molecular flexibility index (Phi) is 5.08. The summed E-state index contributed by atoms with van der Waals surface area (Å²) in [6.45, 7) is 4.72. The van der Waals surface area contributed by atoms with Gasteiger partial charge in [-0.2, -0.15) is 0 Å². The van der Waals surface area contributed by atoms with Gasteiger partial charge in [0.05, 0.1) is 11.9 Å². The minimum Gasteiger partial charge on any atom is -0.326 e. The molecule has 1 saturated heterocycles. The van der Waals surface area contributed by atoms with E-state index in [2.05, 4.69) is 22.3 Å². The fraction of sp³-hybridized carbons (Fsp3) is 0.533. The summed E-state index contributed by atoms with van der Waals surface area (Å²) >= 11 is 0. The molecule has 1 aromatic rings. The third kappa shape index (κ3) is 4.71. The molecule has 1 aliphatic heterocycles. The number of anilines is 2. The van der Waals surface area contributed by atoms with Gasteiger partial charge in [-0.15, -0.1) is 0 Å². The first kappa shape index (κ1) is 16.8. The minimum absolute atomic E-state index is 0.0103. The van der Waals surface area contributed by atoms with E-state index in [0.717, 1.165) is 31.2 Å². The fourth-order valence-electron chi connectivity index (χ4n) is 2.62. The number of nitrogens with one attached hydrogen (secondary N) is 3. The SMILES string of the molecule is Cc1ccc(NC(=O)[C@H]2CCN[C@@H](C)C2)cc1NS(C)(=O)=O. The maximum absolute atomic E-state index is 12.3. The number of sulfonamides is 1. The molecular weight excluding hydrogens is 302 g/mol. The Balaban J connectivity index is 2.09. The number of carbonyl (C=O) groups excluding carboxylic acids is 1. The van der Waals surface area contributed by atoms with Crippen LogP contribution in [-0.4, -0.2) is 33.2 Å². The zero-order valence-corrected chi connectivity index (χ0v) is 14.0. The van der Waals surface area contributed by atoms with Crippen LogP contribution in [0.2, 0.25) is 0 Å². The first-order valence-corrected chi connectivity index (χ1v) is 9.26. The third-order valence-corrected chi connectivity index (χ3v) is 4.39. The first-order chi connectivity index (χ1) is 10.2. The lowest BCUT2D eigenvalue weighted by Gasteiger charge is -2.27. The van der Waals surface area contributed by atoms with E-state index in [4.69, 9.17) is 0 Å². The van der Waals surface area contributed by atoms with E-state index >= 15 is 0 Å². The Morgan fingerprint density at radius 3 is 2.73 bits per heavy atom. The van der Waals surface area contributed by atoms with Crippen LogP contribution < -0.4 is 15.4 Å². The van der Waals surface area contributed by atoms with Gasteiger partial charge < -0.3 is 10.6 Å². The van der Waals surface area contributed by atoms with E-state index in [1.807, 2.05) is 6.92 Å². The van der Waals surface area contributed by atoms with Crippen molar-refractivity contribution in [2.75, 3.05) is 22.8 Å². The van der Waals surface area contributed by atoms with Gasteiger partial charge in [0.15, 0.2) is 0 Å². The maximum atomic E-state index is 12.3. The van der Waals surface area contributed by atoms with Crippen LogP contribution in [0.3, 0.4) is 0 Å². The highest BCUT2D eigenvalue weighted by molar-refractivity contribution is 7.92. The van der Waals surface area contributed by atoms with Gasteiger partial charge in [0.1, 0.15) is 0 Å². The number of hydrogen-bond donors (Lipinski definition) is 3. The van der Waals surface area contributed by atoms with Crippen LogP contribution in [0.1, 0.15) is 25.3 Å². The highest BCUT2D eigenvalue weighted by Gasteiger charge is 2.24. The molecule has 0 saturated carbocycles. The van der Waals surface area contributed by atoms with E-state index in [0.29, 0.717) is 17.4 Å². The summed E-state index contributed by atoms with van der Waals surface area (Å²) in [5.74, 6) is -0.0219. The van der Waals surface area contributed by atoms with Gasteiger partial charge in [-0.05, 0) is 50.9 Å². The van der Waals surface area contributed by atoms with Crippen LogP contribution in [0, 0.1) is 12.8 Å². The highest BCUT2D eigenvalue weighted by Crippen LogP contribution is 2.23. The van der Waals surface area contributed by atoms with Crippen molar-refractivity contribution >= 4 is 27.3 Å². The Bertz CT molecular complexity index is 658. The van der Waals surface area contributed by atoms with Crippen LogP contribution >= 0.6 is 0 Å². The molecule has 0 spiro atoms. The Morgan fingerprint density at radius 2 is 2.09 bits per heavy atom. The van der Waals surface area contributed by atoms with Crippen molar-refractivity contribution in [2.45, 2.75) is 32.7 Å². The van der Waals surface area contributed by atoms with Crippen molar-refractivity contribution < 1.29 is 13.2 Å². The normalized spacial score (nSPS) is 22.1. The molecule has 2 atom stereocenters. The molecule has 0 aliphatic carbocycles. The van der Waals surface area contributed by atoms with E-state index in [-0.39, 0.29) is 11.8 Å². The number of amides is 1. The molecule has 0 aromatic heterocycles. The average molecular weight is 325 g/mol. The van der Waals surface area contributed by atoms with Crippen LogP contribution in [0.4, 0.5) is 11.4 Å². The second-order valence-corrected chi connectivity index (χ2v) is 7.72. The molecule has 6 nitrogen and oxygen atoms in total. The molecule has 2 rings (SSSR count). The monoisotopic (exact) mass is 325 g/mol. The van der Waals surface area contributed by atoms with Gasteiger partial charge in [0.25, 0.3) is 0 Å². The summed E-state index contributed by atoms with van der Waals surface area (Å²) in [5, 5.41) is 6.20. The molecule has 1 aliphatic rings.